The number of carbonyl (C=O) groups is 2. The van der Waals surface area contributed by atoms with Crippen LogP contribution in [-0.2, 0) is 4.79 Å². The molecule has 2 amide bonds. The van der Waals surface area contributed by atoms with Crippen molar-refractivity contribution in [2.45, 2.75) is 6.92 Å². The highest BCUT2D eigenvalue weighted by atomic mass is 16.5. The predicted octanol–water partition coefficient (Wildman–Crippen LogP) is 4.46. The van der Waals surface area contributed by atoms with Gasteiger partial charge < -0.3 is 15.0 Å². The third kappa shape index (κ3) is 5.02. The summed E-state index contributed by atoms with van der Waals surface area (Å²) in [5.74, 6) is 0.125. The summed E-state index contributed by atoms with van der Waals surface area (Å²) in [4.78, 5) is 26.8. The predicted molar refractivity (Wildman–Crippen MR) is 115 cm³/mol. The molecule has 3 aromatic rings. The number of anilines is 1. The van der Waals surface area contributed by atoms with Gasteiger partial charge in [0.05, 0.1) is 12.8 Å². The first-order chi connectivity index (χ1) is 14.1. The van der Waals surface area contributed by atoms with Crippen molar-refractivity contribution >= 4 is 17.5 Å². The standard InChI is InChI=1S/C24H24N2O3/c1-3-26(17-23(27)25-21-11-7-8-12-22(21)29-2)24(28)20-15-13-19(14-16-20)18-9-5-4-6-10-18/h4-16H,3,17H2,1-2H3,(H,25,27). The molecule has 0 atom stereocenters. The van der Waals surface area contributed by atoms with E-state index >= 15 is 0 Å². The second kappa shape index (κ2) is 9.55. The highest BCUT2D eigenvalue weighted by Gasteiger charge is 2.18. The molecule has 0 saturated carbocycles. The Labute approximate surface area is 170 Å². The molecule has 0 aliphatic heterocycles. The SMILES string of the molecule is CCN(CC(=O)Nc1ccccc1OC)C(=O)c1ccc(-c2ccccc2)cc1. The highest BCUT2D eigenvalue weighted by molar-refractivity contribution is 6.00. The molecule has 0 unspecified atom stereocenters. The zero-order valence-electron chi connectivity index (χ0n) is 16.6. The first-order valence-corrected chi connectivity index (χ1v) is 9.50. The van der Waals surface area contributed by atoms with Crippen molar-refractivity contribution in [3.8, 4) is 16.9 Å². The molecule has 3 rings (SSSR count). The van der Waals surface area contributed by atoms with Crippen LogP contribution in [0.5, 0.6) is 5.75 Å². The maximum absolute atomic E-state index is 12.9. The largest absolute Gasteiger partial charge is 0.495 e. The second-order valence-corrected chi connectivity index (χ2v) is 6.51. The monoisotopic (exact) mass is 388 g/mol. The number of likely N-dealkylation sites (N-methyl/N-ethyl adjacent to an activating group) is 1. The quantitative estimate of drug-likeness (QED) is 0.650. The van der Waals surface area contributed by atoms with Gasteiger partial charge in [-0.2, -0.15) is 0 Å². The first kappa shape index (κ1) is 20.1. The van der Waals surface area contributed by atoms with Gasteiger partial charge in [0.15, 0.2) is 0 Å². The number of nitrogens with one attached hydrogen (secondary N) is 1. The van der Waals surface area contributed by atoms with Crippen LogP contribution in [0.2, 0.25) is 0 Å². The van der Waals surface area contributed by atoms with E-state index in [2.05, 4.69) is 5.32 Å². The van der Waals surface area contributed by atoms with E-state index in [1.807, 2.05) is 61.5 Å². The Bertz CT molecular complexity index is 969. The van der Waals surface area contributed by atoms with E-state index in [9.17, 15) is 9.59 Å². The molecular weight excluding hydrogens is 364 g/mol. The second-order valence-electron chi connectivity index (χ2n) is 6.51. The van der Waals surface area contributed by atoms with Crippen LogP contribution in [0.1, 0.15) is 17.3 Å². The molecule has 0 heterocycles. The van der Waals surface area contributed by atoms with Crippen molar-refractivity contribution in [2.75, 3.05) is 25.5 Å². The van der Waals surface area contributed by atoms with Crippen LogP contribution in [0, 0.1) is 0 Å². The molecule has 0 spiro atoms. The molecule has 5 heteroatoms. The third-order valence-electron chi connectivity index (χ3n) is 4.62. The molecule has 5 nitrogen and oxygen atoms in total. The number of ether oxygens (including phenoxy) is 1. The summed E-state index contributed by atoms with van der Waals surface area (Å²) in [6.45, 7) is 2.25. The van der Waals surface area contributed by atoms with E-state index in [1.54, 1.807) is 31.4 Å². The van der Waals surface area contributed by atoms with Gasteiger partial charge in [0.1, 0.15) is 12.3 Å². The van der Waals surface area contributed by atoms with Gasteiger partial charge in [-0.25, -0.2) is 0 Å². The average molecular weight is 388 g/mol. The van der Waals surface area contributed by atoms with Gasteiger partial charge in [-0.15, -0.1) is 0 Å². The topological polar surface area (TPSA) is 58.6 Å². The third-order valence-corrected chi connectivity index (χ3v) is 4.62. The Balaban J connectivity index is 1.67. The Kier molecular flexibility index (Phi) is 6.63. The van der Waals surface area contributed by atoms with Crippen LogP contribution >= 0.6 is 0 Å². The fourth-order valence-corrected chi connectivity index (χ4v) is 3.06. The molecule has 0 aromatic heterocycles. The van der Waals surface area contributed by atoms with E-state index in [0.29, 0.717) is 23.5 Å². The van der Waals surface area contributed by atoms with Crippen LogP contribution in [0.3, 0.4) is 0 Å². The number of benzene rings is 3. The average Bonchev–Trinajstić information content (AvgIpc) is 2.78. The molecule has 0 aliphatic carbocycles. The smallest absolute Gasteiger partial charge is 0.254 e. The number of methoxy groups -OCH3 is 1. The number of rotatable bonds is 7. The Hall–Kier alpha value is -3.60. The van der Waals surface area contributed by atoms with Crippen molar-refractivity contribution in [3.05, 3.63) is 84.4 Å². The van der Waals surface area contributed by atoms with Crippen LogP contribution in [0.4, 0.5) is 5.69 Å². The van der Waals surface area contributed by atoms with Crippen LogP contribution in [0.15, 0.2) is 78.9 Å². The van der Waals surface area contributed by atoms with E-state index in [0.717, 1.165) is 11.1 Å². The highest BCUT2D eigenvalue weighted by Crippen LogP contribution is 2.23. The zero-order valence-corrected chi connectivity index (χ0v) is 16.6. The molecule has 0 bridgehead atoms. The minimum Gasteiger partial charge on any atom is -0.495 e. The molecule has 1 N–H and O–H groups in total. The van der Waals surface area contributed by atoms with Crippen LogP contribution < -0.4 is 10.1 Å². The zero-order chi connectivity index (χ0) is 20.6. The van der Waals surface area contributed by atoms with E-state index < -0.39 is 0 Å². The summed E-state index contributed by atoms with van der Waals surface area (Å²) < 4.78 is 5.25. The minimum absolute atomic E-state index is 0.0339. The lowest BCUT2D eigenvalue weighted by Gasteiger charge is -2.21. The summed E-state index contributed by atoms with van der Waals surface area (Å²) in [7, 11) is 1.55. The molecule has 0 aliphatic rings. The van der Waals surface area contributed by atoms with Crippen LogP contribution in [-0.4, -0.2) is 36.9 Å². The number of amides is 2. The summed E-state index contributed by atoms with van der Waals surface area (Å²) >= 11 is 0. The van der Waals surface area contributed by atoms with E-state index in [-0.39, 0.29) is 18.4 Å². The number of hydrogen-bond acceptors (Lipinski definition) is 3. The fraction of sp³-hybridized carbons (Fsp3) is 0.167. The van der Waals surface area contributed by atoms with Gasteiger partial charge >= 0.3 is 0 Å². The number of hydrogen-bond donors (Lipinski definition) is 1. The number of nitrogens with zero attached hydrogens (tertiary/aromatic N) is 1. The molecular formula is C24H24N2O3. The summed E-state index contributed by atoms with van der Waals surface area (Å²) in [5, 5.41) is 2.81. The van der Waals surface area contributed by atoms with E-state index in [4.69, 9.17) is 4.74 Å². The van der Waals surface area contributed by atoms with Gasteiger partial charge in [0.2, 0.25) is 5.91 Å². The molecule has 0 fully saturated rings. The Morgan fingerprint density at radius 1 is 0.862 bits per heavy atom. The first-order valence-electron chi connectivity index (χ1n) is 9.50. The molecule has 3 aromatic carbocycles. The van der Waals surface area contributed by atoms with Crippen molar-refractivity contribution in [1.29, 1.82) is 0 Å². The minimum atomic E-state index is -0.273. The van der Waals surface area contributed by atoms with Gasteiger partial charge in [0.25, 0.3) is 5.91 Å². The van der Waals surface area contributed by atoms with Gasteiger partial charge in [-0.3, -0.25) is 9.59 Å². The Morgan fingerprint density at radius 2 is 1.48 bits per heavy atom. The molecule has 0 radical (unpaired) electrons. The van der Waals surface area contributed by atoms with Gasteiger partial charge in [-0.05, 0) is 42.3 Å². The lowest BCUT2D eigenvalue weighted by atomic mass is 10.0. The lowest BCUT2D eigenvalue weighted by Crippen LogP contribution is -2.37. The number of para-hydroxylation sites is 2. The summed E-state index contributed by atoms with van der Waals surface area (Å²) in [6, 6.07) is 24.6. The van der Waals surface area contributed by atoms with Crippen molar-refractivity contribution in [1.82, 2.24) is 4.90 Å². The van der Waals surface area contributed by atoms with Crippen molar-refractivity contribution in [3.63, 3.8) is 0 Å². The fourth-order valence-electron chi connectivity index (χ4n) is 3.06. The normalized spacial score (nSPS) is 10.3. The number of carbonyl (C=O) groups excluding carboxylic acids is 2. The van der Waals surface area contributed by atoms with Gasteiger partial charge in [-0.1, -0.05) is 54.6 Å². The maximum atomic E-state index is 12.9. The molecule has 0 saturated heterocycles. The maximum Gasteiger partial charge on any atom is 0.254 e. The van der Waals surface area contributed by atoms with Crippen molar-refractivity contribution in [2.24, 2.45) is 0 Å². The molecule has 148 valence electrons. The Morgan fingerprint density at radius 3 is 2.14 bits per heavy atom. The van der Waals surface area contributed by atoms with Crippen LogP contribution in [0.25, 0.3) is 11.1 Å². The molecule has 29 heavy (non-hydrogen) atoms. The summed E-state index contributed by atoms with van der Waals surface area (Å²) in [5.41, 5.74) is 3.27. The van der Waals surface area contributed by atoms with Gasteiger partial charge in [0, 0.05) is 12.1 Å². The lowest BCUT2D eigenvalue weighted by molar-refractivity contribution is -0.116. The van der Waals surface area contributed by atoms with E-state index in [1.165, 1.54) is 4.90 Å². The van der Waals surface area contributed by atoms with Crippen molar-refractivity contribution < 1.29 is 14.3 Å². The summed E-state index contributed by atoms with van der Waals surface area (Å²) in [6.07, 6.45) is 0.